The third-order valence-electron chi connectivity index (χ3n) is 0.591. The van der Waals surface area contributed by atoms with Gasteiger partial charge < -0.3 is 15.1 Å². The second-order valence-corrected chi connectivity index (χ2v) is 2.49. The molecule has 2 N–H and O–H groups in total. The van der Waals surface area contributed by atoms with Crippen molar-refractivity contribution in [2.75, 3.05) is 27.7 Å². The Balaban J connectivity index is 0.000000218. The van der Waals surface area contributed by atoms with Gasteiger partial charge in [-0.05, 0) is 21.1 Å². The summed E-state index contributed by atoms with van der Waals surface area (Å²) in [6.07, 6.45) is 0. The smallest absolute Gasteiger partial charge is 0.312 e. The van der Waals surface area contributed by atoms with Crippen molar-refractivity contribution >= 4 is 11.9 Å². The predicted molar refractivity (Wildman–Crippen MR) is 44.6 cm³/mol. The van der Waals surface area contributed by atoms with E-state index in [1.807, 2.05) is 26.0 Å². The lowest BCUT2D eigenvalue weighted by molar-refractivity contribution is 0.505. The zero-order valence-electron chi connectivity index (χ0n) is 6.94. The first kappa shape index (κ1) is 9.90. The highest BCUT2D eigenvalue weighted by molar-refractivity contribution is 5.94. The topological polar surface area (TPSA) is 68.4 Å². The van der Waals surface area contributed by atoms with Crippen molar-refractivity contribution in [3.05, 3.63) is 0 Å². The van der Waals surface area contributed by atoms with Crippen molar-refractivity contribution in [1.82, 2.24) is 4.90 Å². The molecule has 11 heavy (non-hydrogen) atoms. The highest BCUT2D eigenvalue weighted by atomic mass is 16.3. The molecule has 0 fully saturated rings. The molecule has 0 saturated heterocycles. The molecular formula is C6H13N3O2. The molecule has 0 aromatic rings. The van der Waals surface area contributed by atoms with Gasteiger partial charge in [0.2, 0.25) is 5.90 Å². The number of aliphatic hydroxyl groups is 2. The van der Waals surface area contributed by atoms with Gasteiger partial charge >= 0.3 is 6.02 Å². The Bertz CT molecular complexity index is 172. The number of hydrogen-bond acceptors (Lipinski definition) is 3. The summed E-state index contributed by atoms with van der Waals surface area (Å²) >= 11 is 0. The Kier molecular flexibility index (Phi) is 4.21. The number of aliphatic imine (C=N–C) groups is 2. The van der Waals surface area contributed by atoms with E-state index in [-0.39, 0.29) is 18.5 Å². The summed E-state index contributed by atoms with van der Waals surface area (Å²) in [4.78, 5) is 8.50. The molecule has 0 atom stereocenters. The van der Waals surface area contributed by atoms with E-state index >= 15 is 0 Å². The second-order valence-electron chi connectivity index (χ2n) is 2.49. The molecule has 5 heteroatoms. The summed E-state index contributed by atoms with van der Waals surface area (Å²) in [7, 11) is 6.00. The van der Waals surface area contributed by atoms with Gasteiger partial charge in [-0.3, -0.25) is 0 Å². The lowest BCUT2D eigenvalue weighted by Gasteiger charge is -1.90. The number of amidine groups is 1. The van der Waals surface area contributed by atoms with Crippen molar-refractivity contribution in [2.45, 2.75) is 0 Å². The second kappa shape index (κ2) is 4.68. The third-order valence-corrected chi connectivity index (χ3v) is 0.591. The van der Waals surface area contributed by atoms with E-state index in [1.165, 1.54) is 0 Å². The maximum Gasteiger partial charge on any atom is 0.312 e. The Labute approximate surface area is 65.7 Å². The van der Waals surface area contributed by atoms with E-state index in [2.05, 4.69) is 9.98 Å². The van der Waals surface area contributed by atoms with Gasteiger partial charge in [0.25, 0.3) is 0 Å². The van der Waals surface area contributed by atoms with Gasteiger partial charge in [0, 0.05) is 0 Å². The van der Waals surface area contributed by atoms with E-state index in [0.29, 0.717) is 0 Å². The van der Waals surface area contributed by atoms with Crippen LogP contribution in [0.5, 0.6) is 0 Å². The Morgan fingerprint density at radius 3 is 1.82 bits per heavy atom. The molecular weight excluding hydrogens is 146 g/mol. The van der Waals surface area contributed by atoms with Gasteiger partial charge in [-0.25, -0.2) is 4.99 Å². The quantitative estimate of drug-likeness (QED) is 0.524. The predicted octanol–water partition coefficient (Wildman–Crippen LogP) is 0.0483. The van der Waals surface area contributed by atoms with Gasteiger partial charge in [0.1, 0.15) is 6.54 Å². The summed E-state index contributed by atoms with van der Waals surface area (Å²) in [5, 5.41) is 16.7. The summed E-state index contributed by atoms with van der Waals surface area (Å²) in [5.74, 6) is -0.127. The average molecular weight is 159 g/mol. The molecule has 0 unspecified atom stereocenters. The van der Waals surface area contributed by atoms with Crippen molar-refractivity contribution in [3.63, 3.8) is 0 Å². The van der Waals surface area contributed by atoms with Crippen LogP contribution in [0.4, 0.5) is 0 Å². The first-order chi connectivity index (χ1) is 5.02. The standard InChI is InChI=1S/C3H4N2O2.C3H9N/c6-2-1-4-3(7)5-2;1-4(2)3/h1H2,(H2,4,5,6,7);1-3H3. The normalized spacial score (nSPS) is 15.3. The van der Waals surface area contributed by atoms with Crippen molar-refractivity contribution in [3.8, 4) is 0 Å². The van der Waals surface area contributed by atoms with Crippen LogP contribution in [0, 0.1) is 0 Å². The Morgan fingerprint density at radius 2 is 1.73 bits per heavy atom. The minimum atomic E-state index is -0.336. The fraction of sp³-hybridized carbons (Fsp3) is 0.667. The molecule has 0 aromatic heterocycles. The Hall–Kier alpha value is -1.10. The molecule has 1 rings (SSSR count). The van der Waals surface area contributed by atoms with E-state index in [4.69, 9.17) is 10.2 Å². The van der Waals surface area contributed by atoms with Crippen LogP contribution in [0.1, 0.15) is 0 Å². The number of hydrogen-bond donors (Lipinski definition) is 2. The zero-order valence-corrected chi connectivity index (χ0v) is 6.94. The summed E-state index contributed by atoms with van der Waals surface area (Å²) in [6, 6.07) is -0.336. The van der Waals surface area contributed by atoms with Crippen LogP contribution in [0.15, 0.2) is 9.98 Å². The highest BCUT2D eigenvalue weighted by Crippen LogP contribution is 1.88. The monoisotopic (exact) mass is 159 g/mol. The van der Waals surface area contributed by atoms with Crippen molar-refractivity contribution < 1.29 is 10.2 Å². The third kappa shape index (κ3) is 6.79. The first-order valence-corrected chi connectivity index (χ1v) is 3.13. The molecule has 0 amide bonds. The van der Waals surface area contributed by atoms with Crippen LogP contribution in [-0.4, -0.2) is 54.7 Å². The summed E-state index contributed by atoms with van der Waals surface area (Å²) in [6.45, 7) is 0.117. The average Bonchev–Trinajstić information content (AvgIpc) is 2.13. The minimum Gasteiger partial charge on any atom is -0.495 e. The van der Waals surface area contributed by atoms with Gasteiger partial charge in [0.15, 0.2) is 0 Å². The van der Waals surface area contributed by atoms with Crippen LogP contribution >= 0.6 is 0 Å². The number of aliphatic hydroxyl groups excluding tert-OH is 2. The SMILES string of the molecule is CN(C)C.OC1=NC(O)=NC1. The van der Waals surface area contributed by atoms with Gasteiger partial charge in [0.05, 0.1) is 0 Å². The fourth-order valence-corrected chi connectivity index (χ4v) is 0.328. The molecule has 5 nitrogen and oxygen atoms in total. The van der Waals surface area contributed by atoms with Crippen LogP contribution < -0.4 is 0 Å². The van der Waals surface area contributed by atoms with Gasteiger partial charge in [-0.1, -0.05) is 0 Å². The lowest BCUT2D eigenvalue weighted by Crippen LogP contribution is -1.99. The van der Waals surface area contributed by atoms with Crippen LogP contribution in [-0.2, 0) is 0 Å². The summed E-state index contributed by atoms with van der Waals surface area (Å²) < 4.78 is 0. The largest absolute Gasteiger partial charge is 0.495 e. The zero-order chi connectivity index (χ0) is 8.85. The number of rotatable bonds is 0. The maximum absolute atomic E-state index is 8.38. The first-order valence-electron chi connectivity index (χ1n) is 3.13. The maximum atomic E-state index is 8.38. The van der Waals surface area contributed by atoms with Crippen molar-refractivity contribution in [2.24, 2.45) is 9.98 Å². The molecule has 1 heterocycles. The van der Waals surface area contributed by atoms with E-state index < -0.39 is 0 Å². The van der Waals surface area contributed by atoms with Gasteiger partial charge in [-0.15, -0.1) is 0 Å². The van der Waals surface area contributed by atoms with Gasteiger partial charge in [-0.2, -0.15) is 4.99 Å². The van der Waals surface area contributed by atoms with Crippen molar-refractivity contribution in [1.29, 1.82) is 0 Å². The molecule has 0 saturated carbocycles. The molecule has 0 aromatic carbocycles. The van der Waals surface area contributed by atoms with Crippen LogP contribution in [0.2, 0.25) is 0 Å². The minimum absolute atomic E-state index is 0.117. The molecule has 1 aliphatic heterocycles. The highest BCUT2D eigenvalue weighted by Gasteiger charge is 2.03. The molecule has 64 valence electrons. The van der Waals surface area contributed by atoms with E-state index in [9.17, 15) is 0 Å². The fourth-order valence-electron chi connectivity index (χ4n) is 0.328. The molecule has 0 spiro atoms. The number of nitrogens with zero attached hydrogens (tertiary/aromatic N) is 3. The molecule has 0 bridgehead atoms. The van der Waals surface area contributed by atoms with E-state index in [0.717, 1.165) is 0 Å². The van der Waals surface area contributed by atoms with Crippen LogP contribution in [0.3, 0.4) is 0 Å². The summed E-state index contributed by atoms with van der Waals surface area (Å²) in [5.41, 5.74) is 0. The lowest BCUT2D eigenvalue weighted by atomic mass is 10.7. The molecule has 0 aliphatic carbocycles. The van der Waals surface area contributed by atoms with E-state index in [1.54, 1.807) is 0 Å². The molecule has 0 radical (unpaired) electrons. The Morgan fingerprint density at radius 1 is 1.27 bits per heavy atom. The van der Waals surface area contributed by atoms with Crippen LogP contribution in [0.25, 0.3) is 0 Å². The molecule has 1 aliphatic rings.